The summed E-state index contributed by atoms with van der Waals surface area (Å²) in [4.78, 5) is 30.0. The second kappa shape index (κ2) is 8.02. The predicted molar refractivity (Wildman–Crippen MR) is 106 cm³/mol. The van der Waals surface area contributed by atoms with Crippen LogP contribution in [0.5, 0.6) is 0 Å². The Hall–Kier alpha value is -1.86. The summed E-state index contributed by atoms with van der Waals surface area (Å²) in [6.07, 6.45) is 4.39. The van der Waals surface area contributed by atoms with Crippen LogP contribution in [0.4, 0.5) is 0 Å². The number of amides is 1. The standard InChI is InChI=1S/C20H25N3O3S/c1-13(14-8-9-14)21-18(24)12-27-20-22-17-7-3-2-6-16(17)19(25)23(20)11-15-5-4-10-26-15/h2-3,6-7,13-15H,4-5,8-12H2,1H3,(H,21,24)/t13-,15+/m1/s1. The number of carbonyl (C=O) groups is 1. The molecule has 0 unspecified atom stereocenters. The highest BCUT2D eigenvalue weighted by molar-refractivity contribution is 7.99. The number of fused-ring (bicyclic) bond motifs is 1. The first kappa shape index (κ1) is 18.5. The molecule has 2 atom stereocenters. The minimum Gasteiger partial charge on any atom is -0.376 e. The smallest absolute Gasteiger partial charge is 0.262 e. The van der Waals surface area contributed by atoms with Crippen molar-refractivity contribution in [2.75, 3.05) is 12.4 Å². The van der Waals surface area contributed by atoms with Gasteiger partial charge < -0.3 is 10.1 Å². The number of nitrogens with zero attached hydrogens (tertiary/aromatic N) is 2. The average Bonchev–Trinajstić information content (AvgIpc) is 3.40. The van der Waals surface area contributed by atoms with Crippen molar-refractivity contribution in [3.05, 3.63) is 34.6 Å². The zero-order valence-electron chi connectivity index (χ0n) is 15.5. The fourth-order valence-electron chi connectivity index (χ4n) is 3.55. The van der Waals surface area contributed by atoms with Crippen molar-refractivity contribution in [1.29, 1.82) is 0 Å². The number of benzene rings is 1. The molecule has 1 aliphatic carbocycles. The van der Waals surface area contributed by atoms with Crippen LogP contribution >= 0.6 is 11.8 Å². The van der Waals surface area contributed by atoms with Crippen molar-refractivity contribution < 1.29 is 9.53 Å². The molecule has 2 fully saturated rings. The van der Waals surface area contributed by atoms with Crippen LogP contribution in [0.1, 0.15) is 32.6 Å². The molecule has 7 heteroatoms. The number of hydrogen-bond acceptors (Lipinski definition) is 5. The molecule has 27 heavy (non-hydrogen) atoms. The molecule has 0 radical (unpaired) electrons. The van der Waals surface area contributed by atoms with Gasteiger partial charge in [0.15, 0.2) is 5.16 Å². The summed E-state index contributed by atoms with van der Waals surface area (Å²) in [6, 6.07) is 7.58. The molecule has 1 saturated heterocycles. The molecule has 2 heterocycles. The van der Waals surface area contributed by atoms with Crippen molar-refractivity contribution in [2.24, 2.45) is 5.92 Å². The third-order valence-electron chi connectivity index (χ3n) is 5.29. The zero-order chi connectivity index (χ0) is 18.8. The lowest BCUT2D eigenvalue weighted by Gasteiger charge is -2.17. The van der Waals surface area contributed by atoms with Gasteiger partial charge in [0.2, 0.25) is 5.91 Å². The lowest BCUT2D eigenvalue weighted by Crippen LogP contribution is -2.35. The maximum atomic E-state index is 13.0. The lowest BCUT2D eigenvalue weighted by molar-refractivity contribution is -0.119. The average molecular weight is 388 g/mol. The van der Waals surface area contributed by atoms with Crippen molar-refractivity contribution in [3.8, 4) is 0 Å². The molecule has 2 aliphatic rings. The minimum atomic E-state index is -0.0645. The summed E-state index contributed by atoms with van der Waals surface area (Å²) in [5.41, 5.74) is 0.603. The molecule has 0 bridgehead atoms. The molecule has 144 valence electrons. The second-order valence-electron chi connectivity index (χ2n) is 7.44. The summed E-state index contributed by atoms with van der Waals surface area (Å²) in [6.45, 7) is 3.28. The summed E-state index contributed by atoms with van der Waals surface area (Å²) >= 11 is 1.33. The van der Waals surface area contributed by atoms with Crippen LogP contribution in [-0.4, -0.2) is 40.0 Å². The van der Waals surface area contributed by atoms with Gasteiger partial charge in [0, 0.05) is 12.6 Å². The quantitative estimate of drug-likeness (QED) is 0.584. The number of hydrogen-bond donors (Lipinski definition) is 1. The van der Waals surface area contributed by atoms with E-state index < -0.39 is 0 Å². The summed E-state index contributed by atoms with van der Waals surface area (Å²) < 4.78 is 7.40. The Morgan fingerprint density at radius 2 is 2.19 bits per heavy atom. The Balaban J connectivity index is 1.55. The first-order valence-electron chi connectivity index (χ1n) is 9.65. The van der Waals surface area contributed by atoms with Crippen molar-refractivity contribution in [3.63, 3.8) is 0 Å². The van der Waals surface area contributed by atoms with E-state index in [0.717, 1.165) is 19.4 Å². The lowest BCUT2D eigenvalue weighted by atomic mass is 10.2. The van der Waals surface area contributed by atoms with Crippen LogP contribution in [0.2, 0.25) is 0 Å². The highest BCUT2D eigenvalue weighted by Gasteiger charge is 2.29. The first-order chi connectivity index (χ1) is 13.1. The number of aromatic nitrogens is 2. The summed E-state index contributed by atoms with van der Waals surface area (Å²) in [5.74, 6) is 0.869. The van der Waals surface area contributed by atoms with Gasteiger partial charge >= 0.3 is 0 Å². The molecule has 6 nitrogen and oxygen atoms in total. The van der Waals surface area contributed by atoms with E-state index >= 15 is 0 Å². The Morgan fingerprint density at radius 1 is 1.37 bits per heavy atom. The van der Waals surface area contributed by atoms with Gasteiger partial charge in [-0.05, 0) is 50.7 Å². The van der Waals surface area contributed by atoms with Gasteiger partial charge in [0.05, 0.1) is 29.3 Å². The van der Waals surface area contributed by atoms with Gasteiger partial charge in [0.1, 0.15) is 0 Å². The van der Waals surface area contributed by atoms with Gasteiger partial charge in [-0.2, -0.15) is 0 Å². The number of para-hydroxylation sites is 1. The Morgan fingerprint density at radius 3 is 2.93 bits per heavy atom. The van der Waals surface area contributed by atoms with Crippen LogP contribution in [0.25, 0.3) is 10.9 Å². The van der Waals surface area contributed by atoms with Crippen LogP contribution in [-0.2, 0) is 16.1 Å². The summed E-state index contributed by atoms with van der Waals surface area (Å²) in [7, 11) is 0. The third kappa shape index (κ3) is 4.35. The van der Waals surface area contributed by atoms with E-state index in [1.54, 1.807) is 10.6 Å². The second-order valence-corrected chi connectivity index (χ2v) is 8.39. The van der Waals surface area contributed by atoms with Crippen LogP contribution in [0, 0.1) is 5.92 Å². The number of ether oxygens (including phenoxy) is 1. The molecule has 1 N–H and O–H groups in total. The SMILES string of the molecule is C[C@@H](NC(=O)CSc1nc2ccccc2c(=O)n1C[C@@H]1CCCO1)C1CC1. The number of thioether (sulfide) groups is 1. The summed E-state index contributed by atoms with van der Waals surface area (Å²) in [5, 5.41) is 4.25. The molecule has 0 spiro atoms. The zero-order valence-corrected chi connectivity index (χ0v) is 16.3. The van der Waals surface area contributed by atoms with E-state index in [2.05, 4.69) is 17.2 Å². The van der Waals surface area contributed by atoms with E-state index in [4.69, 9.17) is 4.74 Å². The van der Waals surface area contributed by atoms with E-state index in [-0.39, 0.29) is 29.4 Å². The third-order valence-corrected chi connectivity index (χ3v) is 6.26. The normalized spacial score (nSPS) is 20.7. The number of carbonyl (C=O) groups excluding carboxylic acids is 1. The van der Waals surface area contributed by atoms with Gasteiger partial charge in [-0.3, -0.25) is 14.2 Å². The van der Waals surface area contributed by atoms with Gasteiger partial charge in [-0.25, -0.2) is 4.98 Å². The molecule has 2 aromatic rings. The van der Waals surface area contributed by atoms with E-state index in [1.165, 1.54) is 24.6 Å². The molecule has 1 amide bonds. The maximum Gasteiger partial charge on any atom is 0.262 e. The Labute approximate surface area is 162 Å². The predicted octanol–water partition coefficient (Wildman–Crippen LogP) is 2.58. The van der Waals surface area contributed by atoms with E-state index in [0.29, 0.717) is 28.5 Å². The minimum absolute atomic E-state index is 0.00882. The molecular weight excluding hydrogens is 362 g/mol. The molecule has 1 aromatic heterocycles. The van der Waals surface area contributed by atoms with Crippen molar-refractivity contribution in [2.45, 2.75) is 56.5 Å². The molecule has 1 aromatic carbocycles. The Bertz CT molecular complexity index is 888. The highest BCUT2D eigenvalue weighted by Crippen LogP contribution is 2.32. The molecule has 1 saturated carbocycles. The van der Waals surface area contributed by atoms with Crippen molar-refractivity contribution in [1.82, 2.24) is 14.9 Å². The van der Waals surface area contributed by atoms with Gasteiger partial charge in [-0.15, -0.1) is 0 Å². The van der Waals surface area contributed by atoms with Crippen LogP contribution in [0.3, 0.4) is 0 Å². The topological polar surface area (TPSA) is 73.2 Å². The first-order valence-corrected chi connectivity index (χ1v) is 10.6. The largest absolute Gasteiger partial charge is 0.376 e. The van der Waals surface area contributed by atoms with Crippen LogP contribution in [0.15, 0.2) is 34.2 Å². The fourth-order valence-corrected chi connectivity index (χ4v) is 4.37. The number of nitrogens with one attached hydrogen (secondary N) is 1. The molecule has 1 aliphatic heterocycles. The fraction of sp³-hybridized carbons (Fsp3) is 0.550. The van der Waals surface area contributed by atoms with Gasteiger partial charge in [-0.1, -0.05) is 23.9 Å². The monoisotopic (exact) mass is 387 g/mol. The van der Waals surface area contributed by atoms with Crippen LogP contribution < -0.4 is 10.9 Å². The maximum absolute atomic E-state index is 13.0. The van der Waals surface area contributed by atoms with Crippen molar-refractivity contribution >= 4 is 28.6 Å². The molecular formula is C20H25N3O3S. The van der Waals surface area contributed by atoms with E-state index in [9.17, 15) is 9.59 Å². The number of rotatable bonds is 7. The highest BCUT2D eigenvalue weighted by atomic mass is 32.2. The van der Waals surface area contributed by atoms with Gasteiger partial charge in [0.25, 0.3) is 5.56 Å². The Kier molecular flexibility index (Phi) is 5.50. The molecule has 4 rings (SSSR count). The van der Waals surface area contributed by atoms with E-state index in [1.807, 2.05) is 18.2 Å².